The van der Waals surface area contributed by atoms with Crippen LogP contribution in [0.1, 0.15) is 10.5 Å². The summed E-state index contributed by atoms with van der Waals surface area (Å²) in [5.41, 5.74) is 2.40. The summed E-state index contributed by atoms with van der Waals surface area (Å²) in [6.45, 7) is 0. The third-order valence-electron chi connectivity index (χ3n) is 3.92. The Hall–Kier alpha value is -3.32. The number of hydrogen-bond donors (Lipinski definition) is 1. The van der Waals surface area contributed by atoms with Gasteiger partial charge < -0.3 is 9.73 Å². The van der Waals surface area contributed by atoms with E-state index in [2.05, 4.69) is 15.4 Å². The first-order chi connectivity index (χ1) is 13.2. The Labute approximate surface area is 160 Å². The topological polar surface area (TPSA) is 73.0 Å². The predicted molar refractivity (Wildman–Crippen MR) is 105 cm³/mol. The van der Waals surface area contributed by atoms with Gasteiger partial charge >= 0.3 is 0 Å². The second-order valence-corrected chi connectivity index (χ2v) is 6.51. The molecule has 1 aromatic carbocycles. The van der Waals surface area contributed by atoms with Gasteiger partial charge in [-0.3, -0.25) is 4.79 Å². The molecule has 0 radical (unpaired) electrons. The summed E-state index contributed by atoms with van der Waals surface area (Å²) in [6.07, 6.45) is 5.17. The van der Waals surface area contributed by atoms with Crippen molar-refractivity contribution in [2.45, 2.75) is 5.03 Å². The van der Waals surface area contributed by atoms with E-state index in [4.69, 9.17) is 4.42 Å². The molecule has 27 heavy (non-hydrogen) atoms. The van der Waals surface area contributed by atoms with Gasteiger partial charge in [0, 0.05) is 6.07 Å². The fourth-order valence-corrected chi connectivity index (χ4v) is 2.99. The normalized spacial score (nSPS) is 10.7. The van der Waals surface area contributed by atoms with Gasteiger partial charge in [-0.1, -0.05) is 18.2 Å². The number of furan rings is 1. The zero-order chi connectivity index (χ0) is 18.6. The van der Waals surface area contributed by atoms with Gasteiger partial charge in [0.25, 0.3) is 5.91 Å². The van der Waals surface area contributed by atoms with Gasteiger partial charge in [0.1, 0.15) is 11.4 Å². The Morgan fingerprint density at radius 1 is 1.11 bits per heavy atom. The fourth-order valence-electron chi connectivity index (χ4n) is 2.62. The Kier molecular flexibility index (Phi) is 4.76. The average Bonchev–Trinajstić information content (AvgIpc) is 3.39. The number of amides is 1. The lowest BCUT2D eigenvalue weighted by Gasteiger charge is -2.08. The number of thioether (sulfide) groups is 1. The lowest BCUT2D eigenvalue weighted by Crippen LogP contribution is -2.17. The summed E-state index contributed by atoms with van der Waals surface area (Å²) < 4.78 is 7.04. The maximum Gasteiger partial charge on any atom is 0.274 e. The quantitative estimate of drug-likeness (QED) is 0.519. The van der Waals surface area contributed by atoms with Crippen molar-refractivity contribution in [2.24, 2.45) is 0 Å². The molecule has 1 amide bonds. The maximum absolute atomic E-state index is 12.9. The molecular formula is C20H16N4O2S. The van der Waals surface area contributed by atoms with Crippen LogP contribution in [0.3, 0.4) is 0 Å². The Morgan fingerprint density at radius 3 is 2.63 bits per heavy atom. The molecule has 0 aliphatic carbocycles. The molecule has 0 fully saturated rings. The van der Waals surface area contributed by atoms with E-state index in [1.807, 2.05) is 54.8 Å². The zero-order valence-corrected chi connectivity index (χ0v) is 15.3. The summed E-state index contributed by atoms with van der Waals surface area (Å²) >= 11 is 1.55. The van der Waals surface area contributed by atoms with Gasteiger partial charge in [0.05, 0.1) is 28.9 Å². The molecule has 0 saturated heterocycles. The van der Waals surface area contributed by atoms with Gasteiger partial charge in [0.15, 0.2) is 5.76 Å². The summed E-state index contributed by atoms with van der Waals surface area (Å²) in [5, 5.41) is 8.32. The first-order valence-corrected chi connectivity index (χ1v) is 9.48. The second kappa shape index (κ2) is 7.51. The lowest BCUT2D eigenvalue weighted by molar-refractivity contribution is 0.101. The first kappa shape index (κ1) is 17.1. The van der Waals surface area contributed by atoms with Gasteiger partial charge in [-0.05, 0) is 42.7 Å². The van der Waals surface area contributed by atoms with Crippen LogP contribution in [0.4, 0.5) is 5.69 Å². The summed E-state index contributed by atoms with van der Waals surface area (Å²) in [4.78, 5) is 17.2. The molecule has 6 nitrogen and oxygen atoms in total. The van der Waals surface area contributed by atoms with E-state index in [1.54, 1.807) is 41.0 Å². The Balaban J connectivity index is 1.70. The molecule has 7 heteroatoms. The number of nitrogens with one attached hydrogen (secondary N) is 1. The average molecular weight is 376 g/mol. The van der Waals surface area contributed by atoms with Crippen molar-refractivity contribution in [1.29, 1.82) is 0 Å². The van der Waals surface area contributed by atoms with Crippen LogP contribution in [-0.4, -0.2) is 26.9 Å². The molecule has 1 N–H and O–H groups in total. The van der Waals surface area contributed by atoms with E-state index in [0.29, 0.717) is 22.8 Å². The highest BCUT2D eigenvalue weighted by Crippen LogP contribution is 2.23. The molecule has 4 rings (SSSR count). The minimum atomic E-state index is -0.275. The number of hydrogen-bond acceptors (Lipinski definition) is 5. The maximum atomic E-state index is 12.9. The number of nitrogens with zero attached hydrogens (tertiary/aromatic N) is 3. The molecule has 3 heterocycles. The Bertz CT molecular complexity index is 1040. The number of carbonyl (C=O) groups is 1. The number of rotatable bonds is 5. The highest BCUT2D eigenvalue weighted by atomic mass is 32.2. The van der Waals surface area contributed by atoms with Crippen LogP contribution in [0.25, 0.3) is 17.1 Å². The SMILES string of the molecule is CSc1ccc(NC(=O)c2cc(-c3ccco3)nn2-c2ccccc2)cn1. The molecule has 134 valence electrons. The monoisotopic (exact) mass is 376 g/mol. The minimum absolute atomic E-state index is 0.275. The number of pyridine rings is 1. The molecule has 0 spiro atoms. The lowest BCUT2D eigenvalue weighted by atomic mass is 10.2. The highest BCUT2D eigenvalue weighted by molar-refractivity contribution is 7.98. The molecule has 0 saturated carbocycles. The van der Waals surface area contributed by atoms with Crippen molar-refractivity contribution in [3.63, 3.8) is 0 Å². The standard InChI is InChI=1S/C20H16N4O2S/c1-27-19-10-9-14(13-21-19)22-20(25)17-12-16(18-8-5-11-26-18)23-24(17)15-6-3-2-4-7-15/h2-13H,1H3,(H,22,25). The van der Waals surface area contributed by atoms with Crippen molar-refractivity contribution in [3.8, 4) is 17.1 Å². The predicted octanol–water partition coefficient (Wildman–Crippen LogP) is 4.50. The van der Waals surface area contributed by atoms with Crippen LogP contribution < -0.4 is 5.32 Å². The molecule has 0 aliphatic heterocycles. The van der Waals surface area contributed by atoms with Gasteiger partial charge in [0.2, 0.25) is 0 Å². The van der Waals surface area contributed by atoms with Crippen LogP contribution in [-0.2, 0) is 0 Å². The van der Waals surface area contributed by atoms with Crippen LogP contribution in [0.5, 0.6) is 0 Å². The van der Waals surface area contributed by atoms with E-state index < -0.39 is 0 Å². The van der Waals surface area contributed by atoms with Crippen molar-refractivity contribution >= 4 is 23.4 Å². The molecule has 3 aromatic heterocycles. The summed E-state index contributed by atoms with van der Waals surface area (Å²) in [5.74, 6) is 0.326. The van der Waals surface area contributed by atoms with Crippen LogP contribution >= 0.6 is 11.8 Å². The molecule has 4 aromatic rings. The smallest absolute Gasteiger partial charge is 0.274 e. The largest absolute Gasteiger partial charge is 0.463 e. The highest BCUT2D eigenvalue weighted by Gasteiger charge is 2.19. The second-order valence-electron chi connectivity index (χ2n) is 5.68. The third kappa shape index (κ3) is 3.63. The molecule has 0 unspecified atom stereocenters. The third-order valence-corrected chi connectivity index (χ3v) is 4.58. The zero-order valence-electron chi connectivity index (χ0n) is 14.5. The molecular weight excluding hydrogens is 360 g/mol. The Morgan fingerprint density at radius 2 is 1.96 bits per heavy atom. The first-order valence-electron chi connectivity index (χ1n) is 8.25. The fraction of sp³-hybridized carbons (Fsp3) is 0.0500. The molecule has 0 aliphatic rings. The molecule has 0 bridgehead atoms. The van der Waals surface area contributed by atoms with Gasteiger partial charge in [-0.25, -0.2) is 9.67 Å². The summed E-state index contributed by atoms with van der Waals surface area (Å²) in [6, 6.07) is 18.5. The molecule has 0 atom stereocenters. The van der Waals surface area contributed by atoms with Crippen molar-refractivity contribution in [1.82, 2.24) is 14.8 Å². The number of anilines is 1. The van der Waals surface area contributed by atoms with E-state index >= 15 is 0 Å². The van der Waals surface area contributed by atoms with Gasteiger partial charge in [-0.15, -0.1) is 11.8 Å². The van der Waals surface area contributed by atoms with E-state index in [9.17, 15) is 4.79 Å². The van der Waals surface area contributed by atoms with Crippen LogP contribution in [0.2, 0.25) is 0 Å². The number of carbonyl (C=O) groups excluding carboxylic acids is 1. The number of para-hydroxylation sites is 1. The van der Waals surface area contributed by atoms with Gasteiger partial charge in [-0.2, -0.15) is 5.10 Å². The van der Waals surface area contributed by atoms with E-state index in [-0.39, 0.29) is 5.91 Å². The number of aromatic nitrogens is 3. The minimum Gasteiger partial charge on any atom is -0.463 e. The number of benzene rings is 1. The van der Waals surface area contributed by atoms with Crippen molar-refractivity contribution in [2.75, 3.05) is 11.6 Å². The van der Waals surface area contributed by atoms with Crippen molar-refractivity contribution < 1.29 is 9.21 Å². The van der Waals surface area contributed by atoms with Crippen molar-refractivity contribution in [3.05, 3.63) is 78.8 Å². The van der Waals surface area contributed by atoms with E-state index in [1.165, 1.54) is 0 Å². The summed E-state index contributed by atoms with van der Waals surface area (Å²) in [7, 11) is 0. The van der Waals surface area contributed by atoms with Crippen LogP contribution in [0.15, 0.2) is 82.6 Å². The van der Waals surface area contributed by atoms with Crippen LogP contribution in [0, 0.1) is 0 Å². The van der Waals surface area contributed by atoms with E-state index in [0.717, 1.165) is 10.7 Å².